The Morgan fingerprint density at radius 3 is 2.50 bits per heavy atom. The number of rotatable bonds is 2. The number of halogens is 1. The van der Waals surface area contributed by atoms with Gasteiger partial charge in [0.2, 0.25) is 0 Å². The quantitative estimate of drug-likeness (QED) is 0.674. The van der Waals surface area contributed by atoms with Gasteiger partial charge in [-0.3, -0.25) is 0 Å². The lowest BCUT2D eigenvalue weighted by Gasteiger charge is -1.96. The molecule has 0 atom stereocenters. The topological polar surface area (TPSA) is 0 Å². The number of benzene rings is 1. The molecule has 0 amide bonds. The fourth-order valence-electron chi connectivity index (χ4n) is 0.983. The first-order valence-corrected chi connectivity index (χ1v) is 4.76. The Bertz CT molecular complexity index is 287. The molecule has 0 radical (unpaired) electrons. The van der Waals surface area contributed by atoms with Crippen LogP contribution in [0.25, 0.3) is 0 Å². The summed E-state index contributed by atoms with van der Waals surface area (Å²) in [5, 5.41) is 0. The van der Waals surface area contributed by atoms with E-state index < -0.39 is 0 Å². The summed E-state index contributed by atoms with van der Waals surface area (Å²) in [6.45, 7) is 1.88. The second kappa shape index (κ2) is 5.00. The summed E-state index contributed by atoms with van der Waals surface area (Å²) < 4.78 is 1.13. The summed E-state index contributed by atoms with van der Waals surface area (Å²) >= 11 is 3.40. The predicted octanol–water partition coefficient (Wildman–Crippen LogP) is 3.41. The summed E-state index contributed by atoms with van der Waals surface area (Å²) in [7, 11) is 0. The van der Waals surface area contributed by atoms with Gasteiger partial charge in [0.15, 0.2) is 0 Å². The fourth-order valence-corrected chi connectivity index (χ4v) is 1.25. The molecular weight excluding hydrogens is 212 g/mol. The van der Waals surface area contributed by atoms with Gasteiger partial charge in [0, 0.05) is 10.9 Å². The molecule has 12 heavy (non-hydrogen) atoms. The zero-order valence-corrected chi connectivity index (χ0v) is 8.69. The molecule has 0 aliphatic rings. The van der Waals surface area contributed by atoms with Crippen LogP contribution in [-0.4, -0.2) is 0 Å². The van der Waals surface area contributed by atoms with Crippen LogP contribution < -0.4 is 0 Å². The Hall–Kier alpha value is -0.740. The van der Waals surface area contributed by atoms with E-state index in [1.165, 1.54) is 5.56 Å². The number of hydrogen-bond acceptors (Lipinski definition) is 0. The first-order valence-electron chi connectivity index (χ1n) is 3.97. The maximum Gasteiger partial charge on any atom is 0.0175 e. The smallest absolute Gasteiger partial charge is 0.0175 e. The van der Waals surface area contributed by atoms with Crippen LogP contribution >= 0.6 is 15.9 Å². The first-order chi connectivity index (χ1) is 5.83. The van der Waals surface area contributed by atoms with Gasteiger partial charge < -0.3 is 0 Å². The molecule has 0 unspecified atom stereocenters. The van der Waals surface area contributed by atoms with Crippen molar-refractivity contribution in [3.05, 3.63) is 34.3 Å². The van der Waals surface area contributed by atoms with Crippen LogP contribution in [0.2, 0.25) is 0 Å². The zero-order valence-electron chi connectivity index (χ0n) is 7.10. The SMILES string of the molecule is CC#CCCc1ccc(Br)cc1. The molecule has 0 spiro atoms. The van der Waals surface area contributed by atoms with E-state index in [1.54, 1.807) is 0 Å². The molecule has 0 fully saturated rings. The third-order valence-corrected chi connectivity index (χ3v) is 2.16. The molecule has 0 saturated heterocycles. The fraction of sp³-hybridized carbons (Fsp3) is 0.273. The summed E-state index contributed by atoms with van der Waals surface area (Å²) in [4.78, 5) is 0. The molecule has 1 rings (SSSR count). The van der Waals surface area contributed by atoms with E-state index in [0.29, 0.717) is 0 Å². The first kappa shape index (κ1) is 9.35. The minimum atomic E-state index is 0.956. The van der Waals surface area contributed by atoms with Crippen LogP contribution in [0.3, 0.4) is 0 Å². The Balaban J connectivity index is 2.51. The van der Waals surface area contributed by atoms with E-state index in [-0.39, 0.29) is 0 Å². The second-order valence-corrected chi connectivity index (χ2v) is 3.47. The third kappa shape index (κ3) is 3.11. The highest BCUT2D eigenvalue weighted by molar-refractivity contribution is 9.10. The average molecular weight is 223 g/mol. The van der Waals surface area contributed by atoms with Crippen LogP contribution in [0.1, 0.15) is 18.9 Å². The maximum absolute atomic E-state index is 3.40. The molecule has 0 nitrogen and oxygen atoms in total. The van der Waals surface area contributed by atoms with Gasteiger partial charge in [-0.1, -0.05) is 28.1 Å². The van der Waals surface area contributed by atoms with Gasteiger partial charge in [0.05, 0.1) is 0 Å². The van der Waals surface area contributed by atoms with Gasteiger partial charge in [-0.15, -0.1) is 11.8 Å². The average Bonchev–Trinajstić information content (AvgIpc) is 2.09. The van der Waals surface area contributed by atoms with Crippen LogP contribution in [0.15, 0.2) is 28.7 Å². The van der Waals surface area contributed by atoms with Crippen molar-refractivity contribution in [2.75, 3.05) is 0 Å². The van der Waals surface area contributed by atoms with E-state index in [9.17, 15) is 0 Å². The van der Waals surface area contributed by atoms with Gasteiger partial charge in [-0.2, -0.15) is 0 Å². The van der Waals surface area contributed by atoms with Crippen LogP contribution in [0, 0.1) is 11.8 Å². The van der Waals surface area contributed by atoms with Gasteiger partial charge in [0.25, 0.3) is 0 Å². The lowest BCUT2D eigenvalue weighted by atomic mass is 10.1. The highest BCUT2D eigenvalue weighted by Crippen LogP contribution is 2.11. The molecule has 0 aromatic heterocycles. The largest absolute Gasteiger partial charge is 0.107 e. The van der Waals surface area contributed by atoms with Crippen LogP contribution in [0.4, 0.5) is 0 Å². The molecule has 1 heteroatoms. The molecule has 0 saturated carbocycles. The van der Waals surface area contributed by atoms with E-state index in [1.807, 2.05) is 6.92 Å². The van der Waals surface area contributed by atoms with Crippen molar-refractivity contribution in [1.82, 2.24) is 0 Å². The van der Waals surface area contributed by atoms with E-state index in [2.05, 4.69) is 52.0 Å². The summed E-state index contributed by atoms with van der Waals surface area (Å²) in [5.41, 5.74) is 1.35. The number of aryl methyl sites for hydroxylation is 1. The van der Waals surface area contributed by atoms with Crippen molar-refractivity contribution in [2.24, 2.45) is 0 Å². The minimum Gasteiger partial charge on any atom is -0.107 e. The predicted molar refractivity (Wildman–Crippen MR) is 55.9 cm³/mol. The Morgan fingerprint density at radius 1 is 1.25 bits per heavy atom. The van der Waals surface area contributed by atoms with Crippen molar-refractivity contribution in [3.63, 3.8) is 0 Å². The molecule has 0 aliphatic heterocycles. The molecule has 1 aromatic carbocycles. The second-order valence-electron chi connectivity index (χ2n) is 2.55. The van der Waals surface area contributed by atoms with Crippen LogP contribution in [0.5, 0.6) is 0 Å². The molecule has 62 valence electrons. The van der Waals surface area contributed by atoms with Crippen molar-refractivity contribution in [2.45, 2.75) is 19.8 Å². The summed E-state index contributed by atoms with van der Waals surface area (Å²) in [6.07, 6.45) is 2.01. The molecule has 0 bridgehead atoms. The molecule has 0 heterocycles. The summed E-state index contributed by atoms with van der Waals surface area (Å²) in [5.74, 6) is 5.94. The van der Waals surface area contributed by atoms with Gasteiger partial charge >= 0.3 is 0 Å². The van der Waals surface area contributed by atoms with Crippen molar-refractivity contribution < 1.29 is 0 Å². The highest BCUT2D eigenvalue weighted by atomic mass is 79.9. The molecular formula is C11H11Br. The molecule has 0 N–H and O–H groups in total. The van der Waals surface area contributed by atoms with E-state index >= 15 is 0 Å². The maximum atomic E-state index is 3.40. The highest BCUT2D eigenvalue weighted by Gasteiger charge is 1.90. The number of hydrogen-bond donors (Lipinski definition) is 0. The van der Waals surface area contributed by atoms with Crippen molar-refractivity contribution >= 4 is 15.9 Å². The normalized spacial score (nSPS) is 8.83. The van der Waals surface area contributed by atoms with E-state index in [4.69, 9.17) is 0 Å². The summed E-state index contributed by atoms with van der Waals surface area (Å²) in [6, 6.07) is 8.38. The third-order valence-electron chi connectivity index (χ3n) is 1.63. The van der Waals surface area contributed by atoms with Gasteiger partial charge in [-0.25, -0.2) is 0 Å². The Kier molecular flexibility index (Phi) is 3.90. The van der Waals surface area contributed by atoms with E-state index in [0.717, 1.165) is 17.3 Å². The van der Waals surface area contributed by atoms with Gasteiger partial charge in [0.1, 0.15) is 0 Å². The molecule has 0 aliphatic carbocycles. The Morgan fingerprint density at radius 2 is 1.92 bits per heavy atom. The van der Waals surface area contributed by atoms with Crippen molar-refractivity contribution in [3.8, 4) is 11.8 Å². The monoisotopic (exact) mass is 222 g/mol. The zero-order chi connectivity index (χ0) is 8.81. The minimum absolute atomic E-state index is 0.956. The lowest BCUT2D eigenvalue weighted by Crippen LogP contribution is -1.81. The van der Waals surface area contributed by atoms with Crippen LogP contribution in [-0.2, 0) is 6.42 Å². The lowest BCUT2D eigenvalue weighted by molar-refractivity contribution is 1.03. The molecule has 1 aromatic rings. The van der Waals surface area contributed by atoms with Crippen molar-refractivity contribution in [1.29, 1.82) is 0 Å². The Labute approximate surface area is 82.1 Å². The van der Waals surface area contributed by atoms with Gasteiger partial charge in [-0.05, 0) is 31.0 Å². The standard InChI is InChI=1S/C11H11Br/c1-2-3-4-5-10-6-8-11(12)9-7-10/h6-9H,4-5H2,1H3.